The zero-order chi connectivity index (χ0) is 39.2. The lowest BCUT2D eigenvalue weighted by Gasteiger charge is -2.30. The first-order chi connectivity index (χ1) is 28.5. The van der Waals surface area contributed by atoms with Crippen molar-refractivity contribution in [1.82, 2.24) is 20.3 Å². The van der Waals surface area contributed by atoms with Gasteiger partial charge in [-0.2, -0.15) is 0 Å². The highest BCUT2D eigenvalue weighted by molar-refractivity contribution is 6.09. The fourth-order valence-corrected chi connectivity index (χ4v) is 9.22. The van der Waals surface area contributed by atoms with Gasteiger partial charge in [0.2, 0.25) is 0 Å². The summed E-state index contributed by atoms with van der Waals surface area (Å²) in [4.78, 5) is 15.4. The molecule has 0 fully saturated rings. The van der Waals surface area contributed by atoms with Crippen LogP contribution in [-0.2, 0) is 5.41 Å². The second kappa shape index (κ2) is 14.7. The van der Waals surface area contributed by atoms with E-state index in [-0.39, 0.29) is 5.41 Å². The third kappa shape index (κ3) is 6.19. The van der Waals surface area contributed by atoms with Crippen molar-refractivity contribution in [2.45, 2.75) is 57.8 Å². The van der Waals surface area contributed by atoms with E-state index in [1.807, 2.05) is 6.07 Å². The molecule has 0 bridgehead atoms. The Kier molecular flexibility index (Phi) is 9.01. The summed E-state index contributed by atoms with van der Waals surface area (Å²) in [6.45, 7) is 4.68. The summed E-state index contributed by atoms with van der Waals surface area (Å²) >= 11 is 0. The minimum atomic E-state index is -0.0809. The Morgan fingerprint density at radius 1 is 0.621 bits per heavy atom. The van der Waals surface area contributed by atoms with Crippen molar-refractivity contribution in [3.63, 3.8) is 0 Å². The van der Waals surface area contributed by atoms with Crippen LogP contribution in [0.15, 0.2) is 162 Å². The van der Waals surface area contributed by atoms with Gasteiger partial charge in [0.25, 0.3) is 0 Å². The first-order valence-corrected chi connectivity index (χ1v) is 20.6. The molecule has 1 aromatic heterocycles. The first-order valence-electron chi connectivity index (χ1n) is 20.6. The SMILES string of the molecule is CC1(C)C2=C(CCC=C2)c2ccc(-c3nc(C4=CCCC=C4)nc(-c4ccc(C5=C(c6ccccc6)N/C(=C(\C=N)C6=CCCC=C6)c6ccccc65)cc4)n3)cc21. The van der Waals surface area contributed by atoms with Crippen LogP contribution in [0.25, 0.3) is 50.9 Å². The molecule has 2 heterocycles. The zero-order valence-corrected chi connectivity index (χ0v) is 33.0. The average molecular weight is 752 g/mol. The molecule has 1 aliphatic heterocycles. The van der Waals surface area contributed by atoms with E-state index in [9.17, 15) is 0 Å². The molecule has 0 amide bonds. The molecule has 10 rings (SSSR count). The van der Waals surface area contributed by atoms with Gasteiger partial charge in [-0.15, -0.1) is 0 Å². The number of allylic oxidation sites excluding steroid dienone is 13. The summed E-state index contributed by atoms with van der Waals surface area (Å²) in [5.41, 5.74) is 17.9. The molecule has 2 N–H and O–H groups in total. The number of rotatable bonds is 7. The van der Waals surface area contributed by atoms with Gasteiger partial charge in [0.1, 0.15) is 0 Å². The molecule has 0 spiro atoms. The molecule has 4 aromatic carbocycles. The van der Waals surface area contributed by atoms with Crippen molar-refractivity contribution >= 4 is 34.3 Å². The molecule has 58 heavy (non-hydrogen) atoms. The van der Waals surface area contributed by atoms with Crippen molar-refractivity contribution in [2.24, 2.45) is 0 Å². The summed E-state index contributed by atoms with van der Waals surface area (Å²) in [5, 5.41) is 12.4. The molecule has 5 heteroatoms. The molecule has 282 valence electrons. The van der Waals surface area contributed by atoms with Crippen LogP contribution < -0.4 is 5.32 Å². The predicted molar refractivity (Wildman–Crippen MR) is 239 cm³/mol. The van der Waals surface area contributed by atoms with Crippen molar-refractivity contribution in [1.29, 1.82) is 5.41 Å². The van der Waals surface area contributed by atoms with E-state index >= 15 is 0 Å². The van der Waals surface area contributed by atoms with Crippen molar-refractivity contribution in [3.8, 4) is 22.8 Å². The normalized spacial score (nSPS) is 18.5. The second-order valence-electron chi connectivity index (χ2n) is 16.1. The summed E-state index contributed by atoms with van der Waals surface area (Å²) in [5.74, 6) is 2.04. The number of nitrogens with one attached hydrogen (secondary N) is 2. The highest BCUT2D eigenvalue weighted by Crippen LogP contribution is 2.51. The van der Waals surface area contributed by atoms with Crippen LogP contribution >= 0.6 is 0 Å². The highest BCUT2D eigenvalue weighted by Gasteiger charge is 2.37. The van der Waals surface area contributed by atoms with Crippen molar-refractivity contribution in [3.05, 3.63) is 202 Å². The first kappa shape index (κ1) is 35.7. The van der Waals surface area contributed by atoms with Crippen LogP contribution in [0.5, 0.6) is 0 Å². The van der Waals surface area contributed by atoms with Gasteiger partial charge in [-0.3, -0.25) is 0 Å². The maximum absolute atomic E-state index is 8.56. The smallest absolute Gasteiger partial charge is 0.164 e. The van der Waals surface area contributed by atoms with Crippen molar-refractivity contribution < 1.29 is 0 Å². The van der Waals surface area contributed by atoms with Crippen LogP contribution in [0, 0.1) is 5.41 Å². The maximum Gasteiger partial charge on any atom is 0.164 e. The van der Waals surface area contributed by atoms with E-state index in [2.05, 4.69) is 159 Å². The van der Waals surface area contributed by atoms with Crippen LogP contribution in [0.2, 0.25) is 0 Å². The minimum absolute atomic E-state index is 0.0809. The van der Waals surface area contributed by atoms with E-state index in [0.717, 1.165) is 106 Å². The Balaban J connectivity index is 1.09. The molecule has 0 unspecified atom stereocenters. The Morgan fingerprint density at radius 2 is 1.29 bits per heavy atom. The lowest BCUT2D eigenvalue weighted by Crippen LogP contribution is -2.22. The second-order valence-corrected chi connectivity index (χ2v) is 16.1. The van der Waals surface area contributed by atoms with E-state index in [1.165, 1.54) is 28.5 Å². The summed E-state index contributed by atoms with van der Waals surface area (Å²) in [6.07, 6.45) is 25.5. The third-order valence-electron chi connectivity index (χ3n) is 12.2. The maximum atomic E-state index is 8.56. The number of nitrogens with zero attached hydrogens (tertiary/aromatic N) is 3. The molecule has 0 saturated carbocycles. The molecular formula is C53H45N5. The quantitative estimate of drug-likeness (QED) is 0.162. The minimum Gasteiger partial charge on any atom is -0.353 e. The summed E-state index contributed by atoms with van der Waals surface area (Å²) in [7, 11) is 0. The van der Waals surface area contributed by atoms with E-state index < -0.39 is 0 Å². The van der Waals surface area contributed by atoms with Gasteiger partial charge in [0.15, 0.2) is 17.5 Å². The van der Waals surface area contributed by atoms with E-state index in [1.54, 1.807) is 0 Å². The van der Waals surface area contributed by atoms with Gasteiger partial charge in [-0.05, 0) is 89.1 Å². The molecule has 5 aliphatic rings. The van der Waals surface area contributed by atoms with Gasteiger partial charge in [-0.1, -0.05) is 153 Å². The number of benzene rings is 4. The number of aromatic nitrogens is 3. The monoisotopic (exact) mass is 751 g/mol. The Morgan fingerprint density at radius 3 is 2.03 bits per heavy atom. The largest absolute Gasteiger partial charge is 0.353 e. The average Bonchev–Trinajstić information content (AvgIpc) is 3.52. The molecule has 0 radical (unpaired) electrons. The third-order valence-corrected chi connectivity index (χ3v) is 12.2. The van der Waals surface area contributed by atoms with Gasteiger partial charge in [-0.25, -0.2) is 15.0 Å². The Labute approximate surface area is 340 Å². The lowest BCUT2D eigenvalue weighted by molar-refractivity contribution is 0.651. The Bertz CT molecular complexity index is 2760. The number of hydrogen-bond acceptors (Lipinski definition) is 5. The lowest BCUT2D eigenvalue weighted by atomic mass is 9.79. The molecule has 0 saturated heterocycles. The Hall–Kier alpha value is -6.72. The number of fused-ring (bicyclic) bond motifs is 3. The standard InChI is InChI=1S/C53H45N5/c1-53(2)45-25-15-14-22-40(45)41-31-30-39(32-46(41)53)52-57-50(37-20-10-5-11-21-37)56-51(58-52)38-28-26-35(27-29-38)47-42-23-12-13-24-43(42)49(44(33-54)34-16-6-3-7-17-34)55-48(47)36-18-8-4-9-19-36/h4,6,8-10,12-13,15-21,23-33,54-55H,3,5,7,11,14,22H2,1-2H3/b49-44+,54-33?. The fraction of sp³-hybridized carbons (Fsp3) is 0.170. The molecule has 0 atom stereocenters. The fourth-order valence-electron chi connectivity index (χ4n) is 9.22. The molecule has 5 nitrogen and oxygen atoms in total. The molecule has 5 aromatic rings. The van der Waals surface area contributed by atoms with Crippen molar-refractivity contribution in [2.75, 3.05) is 0 Å². The zero-order valence-electron chi connectivity index (χ0n) is 33.0. The van der Waals surface area contributed by atoms with Crippen LogP contribution in [0.1, 0.15) is 91.6 Å². The summed E-state index contributed by atoms with van der Waals surface area (Å²) < 4.78 is 0. The van der Waals surface area contributed by atoms with Crippen LogP contribution in [0.4, 0.5) is 0 Å². The van der Waals surface area contributed by atoms with Crippen LogP contribution in [0.3, 0.4) is 0 Å². The van der Waals surface area contributed by atoms with E-state index in [4.69, 9.17) is 20.4 Å². The van der Waals surface area contributed by atoms with Crippen LogP contribution in [-0.4, -0.2) is 21.2 Å². The van der Waals surface area contributed by atoms with Gasteiger partial charge >= 0.3 is 0 Å². The highest BCUT2D eigenvalue weighted by atomic mass is 15.0. The van der Waals surface area contributed by atoms with Gasteiger partial charge < -0.3 is 10.7 Å². The predicted octanol–water partition coefficient (Wildman–Crippen LogP) is 12.5. The van der Waals surface area contributed by atoms with Gasteiger partial charge in [0, 0.05) is 45.0 Å². The summed E-state index contributed by atoms with van der Waals surface area (Å²) in [6, 6.07) is 34.5. The molecule has 4 aliphatic carbocycles. The number of hydrogen-bond donors (Lipinski definition) is 2. The topological polar surface area (TPSA) is 74.6 Å². The molecular weight excluding hydrogens is 707 g/mol. The van der Waals surface area contributed by atoms with E-state index in [0.29, 0.717) is 17.5 Å². The van der Waals surface area contributed by atoms with Gasteiger partial charge in [0.05, 0.1) is 11.4 Å².